The maximum atomic E-state index is 12.3. The van der Waals surface area contributed by atoms with Crippen LogP contribution in [0.4, 0.5) is 0 Å². The number of aromatic nitrogens is 4. The molecule has 0 fully saturated rings. The predicted octanol–water partition coefficient (Wildman–Crippen LogP) is 2.39. The molecule has 0 atom stereocenters. The second kappa shape index (κ2) is 6.54. The number of phenols is 1. The minimum absolute atomic E-state index is 0.0117. The van der Waals surface area contributed by atoms with Gasteiger partial charge in [0, 0.05) is 5.56 Å². The Bertz CT molecular complexity index is 1280. The van der Waals surface area contributed by atoms with Crippen LogP contribution in [-0.2, 0) is 0 Å². The Labute approximate surface area is 157 Å². The molecule has 0 saturated carbocycles. The van der Waals surface area contributed by atoms with Crippen molar-refractivity contribution in [1.82, 2.24) is 20.2 Å². The molecule has 2 heterocycles. The Morgan fingerprint density at radius 2 is 1.96 bits per heavy atom. The van der Waals surface area contributed by atoms with Crippen molar-refractivity contribution < 1.29 is 19.7 Å². The molecule has 0 aliphatic rings. The molecule has 0 aliphatic carbocycles. The van der Waals surface area contributed by atoms with E-state index in [0.717, 1.165) is 0 Å². The lowest BCUT2D eigenvalue weighted by Crippen LogP contribution is -2.12. The summed E-state index contributed by atoms with van der Waals surface area (Å²) in [5.74, 6) is -0.504. The third-order valence-electron chi connectivity index (χ3n) is 4.26. The van der Waals surface area contributed by atoms with E-state index in [2.05, 4.69) is 20.2 Å². The van der Waals surface area contributed by atoms with Crippen LogP contribution in [0, 0.1) is 0 Å². The van der Waals surface area contributed by atoms with Gasteiger partial charge in [-0.05, 0) is 42.5 Å². The average Bonchev–Trinajstić information content (AvgIpc) is 3.11. The number of aromatic hydroxyl groups is 1. The van der Waals surface area contributed by atoms with E-state index in [4.69, 9.17) is 9.84 Å². The minimum atomic E-state index is -1.05. The summed E-state index contributed by atoms with van der Waals surface area (Å²) >= 11 is 0. The van der Waals surface area contributed by atoms with E-state index in [0.29, 0.717) is 22.3 Å². The van der Waals surface area contributed by atoms with Crippen molar-refractivity contribution in [2.75, 3.05) is 7.11 Å². The molecular formula is C19H14N4O5. The highest BCUT2D eigenvalue weighted by Gasteiger charge is 2.14. The summed E-state index contributed by atoms with van der Waals surface area (Å²) in [6.07, 6.45) is 0. The highest BCUT2D eigenvalue weighted by molar-refractivity contribution is 5.93. The number of aromatic carboxylic acids is 1. The Morgan fingerprint density at radius 1 is 1.14 bits per heavy atom. The van der Waals surface area contributed by atoms with Crippen LogP contribution in [0.3, 0.4) is 0 Å². The third-order valence-corrected chi connectivity index (χ3v) is 4.26. The molecule has 0 saturated heterocycles. The molecule has 140 valence electrons. The second-order valence-electron chi connectivity index (χ2n) is 6.01. The largest absolute Gasteiger partial charge is 0.504 e. The van der Waals surface area contributed by atoms with Crippen LogP contribution in [0.25, 0.3) is 33.7 Å². The lowest BCUT2D eigenvalue weighted by Gasteiger charge is -2.06. The molecule has 28 heavy (non-hydrogen) atoms. The molecule has 0 spiro atoms. The van der Waals surface area contributed by atoms with Crippen molar-refractivity contribution in [3.8, 4) is 34.1 Å². The van der Waals surface area contributed by atoms with Crippen LogP contribution >= 0.6 is 0 Å². The van der Waals surface area contributed by atoms with E-state index in [1.54, 1.807) is 24.3 Å². The number of nitrogens with zero attached hydrogens (tertiary/aromatic N) is 2. The van der Waals surface area contributed by atoms with Gasteiger partial charge in [-0.1, -0.05) is 0 Å². The number of carboxylic acid groups (broad SMARTS) is 1. The molecule has 4 N–H and O–H groups in total. The van der Waals surface area contributed by atoms with Crippen LogP contribution in [0.5, 0.6) is 11.5 Å². The number of methoxy groups -OCH3 is 1. The number of imidazole rings is 1. The van der Waals surface area contributed by atoms with Crippen LogP contribution < -0.4 is 10.3 Å². The van der Waals surface area contributed by atoms with Gasteiger partial charge in [-0.3, -0.25) is 4.79 Å². The van der Waals surface area contributed by atoms with Gasteiger partial charge in [-0.15, -0.1) is 0 Å². The number of hydrogen-bond donors (Lipinski definition) is 4. The van der Waals surface area contributed by atoms with Gasteiger partial charge in [0.05, 0.1) is 35.0 Å². The SMILES string of the molecule is COc1cc(-c2cc(-c3nc4ccc(C(=O)O)cc4[nH]3)c(=O)[nH]n2)ccc1O. The lowest BCUT2D eigenvalue weighted by molar-refractivity contribution is 0.0697. The summed E-state index contributed by atoms with van der Waals surface area (Å²) in [7, 11) is 1.43. The molecule has 9 heteroatoms. The molecular weight excluding hydrogens is 364 g/mol. The standard InChI is InChI=1S/C19H14N4O5/c1-28-16-7-9(3-5-15(16)24)13-8-11(18(25)23-22-13)17-20-12-4-2-10(19(26)27)6-14(12)21-17/h2-8,24H,1H3,(H,20,21)(H,23,25)(H,26,27). The van der Waals surface area contributed by atoms with Gasteiger partial charge in [0.25, 0.3) is 5.56 Å². The number of benzene rings is 2. The summed E-state index contributed by atoms with van der Waals surface area (Å²) in [6, 6.07) is 10.7. The quantitative estimate of drug-likeness (QED) is 0.427. The first kappa shape index (κ1) is 17.3. The highest BCUT2D eigenvalue weighted by atomic mass is 16.5. The van der Waals surface area contributed by atoms with Crippen LogP contribution in [0.15, 0.2) is 47.3 Å². The highest BCUT2D eigenvalue weighted by Crippen LogP contribution is 2.31. The molecule has 0 bridgehead atoms. The normalized spacial score (nSPS) is 10.9. The van der Waals surface area contributed by atoms with E-state index in [1.807, 2.05) is 0 Å². The zero-order valence-electron chi connectivity index (χ0n) is 14.6. The predicted molar refractivity (Wildman–Crippen MR) is 101 cm³/mol. The van der Waals surface area contributed by atoms with Crippen molar-refractivity contribution in [3.05, 3.63) is 58.4 Å². The minimum Gasteiger partial charge on any atom is -0.504 e. The molecule has 0 amide bonds. The van der Waals surface area contributed by atoms with E-state index >= 15 is 0 Å². The topological polar surface area (TPSA) is 141 Å². The fourth-order valence-electron chi connectivity index (χ4n) is 2.84. The number of H-pyrrole nitrogens is 2. The number of ether oxygens (including phenoxy) is 1. The molecule has 2 aromatic carbocycles. The summed E-state index contributed by atoms with van der Waals surface area (Å²) in [5, 5.41) is 25.3. The number of phenolic OH excluding ortho intramolecular Hbond substituents is 1. The Hall–Kier alpha value is -4.14. The molecule has 9 nitrogen and oxygen atoms in total. The average molecular weight is 378 g/mol. The van der Waals surface area contributed by atoms with Crippen molar-refractivity contribution in [2.45, 2.75) is 0 Å². The van der Waals surface area contributed by atoms with Gasteiger partial charge in [-0.2, -0.15) is 5.10 Å². The fraction of sp³-hybridized carbons (Fsp3) is 0.0526. The van der Waals surface area contributed by atoms with E-state index in [1.165, 1.54) is 25.3 Å². The second-order valence-corrected chi connectivity index (χ2v) is 6.01. The van der Waals surface area contributed by atoms with E-state index < -0.39 is 11.5 Å². The first-order valence-corrected chi connectivity index (χ1v) is 8.17. The molecule has 0 unspecified atom stereocenters. The van der Waals surface area contributed by atoms with Crippen molar-refractivity contribution >= 4 is 17.0 Å². The number of carbonyl (C=O) groups is 1. The molecule has 4 aromatic rings. The molecule has 0 aliphatic heterocycles. The summed E-state index contributed by atoms with van der Waals surface area (Å²) in [6.45, 7) is 0. The lowest BCUT2D eigenvalue weighted by atomic mass is 10.1. The maximum Gasteiger partial charge on any atom is 0.335 e. The van der Waals surface area contributed by atoms with Crippen LogP contribution in [-0.4, -0.2) is 43.5 Å². The molecule has 0 radical (unpaired) electrons. The smallest absolute Gasteiger partial charge is 0.335 e. The zero-order chi connectivity index (χ0) is 19.8. The van der Waals surface area contributed by atoms with Crippen molar-refractivity contribution in [3.63, 3.8) is 0 Å². The fourth-order valence-corrected chi connectivity index (χ4v) is 2.84. The van der Waals surface area contributed by atoms with E-state index in [-0.39, 0.29) is 28.5 Å². The van der Waals surface area contributed by atoms with Gasteiger partial charge >= 0.3 is 5.97 Å². The first-order chi connectivity index (χ1) is 13.5. The first-order valence-electron chi connectivity index (χ1n) is 8.17. The number of fused-ring (bicyclic) bond motifs is 1. The monoisotopic (exact) mass is 378 g/mol. The number of carboxylic acids is 1. The number of hydrogen-bond acceptors (Lipinski definition) is 6. The molecule has 2 aromatic heterocycles. The van der Waals surface area contributed by atoms with Crippen LogP contribution in [0.1, 0.15) is 10.4 Å². The van der Waals surface area contributed by atoms with Crippen molar-refractivity contribution in [2.24, 2.45) is 0 Å². The van der Waals surface area contributed by atoms with Gasteiger partial charge in [0.2, 0.25) is 0 Å². The van der Waals surface area contributed by atoms with Gasteiger partial charge in [-0.25, -0.2) is 14.9 Å². The third kappa shape index (κ3) is 2.94. The molecule has 4 rings (SSSR count). The summed E-state index contributed by atoms with van der Waals surface area (Å²) in [4.78, 5) is 30.8. The van der Waals surface area contributed by atoms with Crippen molar-refractivity contribution in [1.29, 1.82) is 0 Å². The van der Waals surface area contributed by atoms with E-state index in [9.17, 15) is 14.7 Å². The summed E-state index contributed by atoms with van der Waals surface area (Å²) < 4.78 is 5.10. The van der Waals surface area contributed by atoms with Gasteiger partial charge in [0.1, 0.15) is 5.82 Å². The zero-order valence-corrected chi connectivity index (χ0v) is 14.6. The maximum absolute atomic E-state index is 12.3. The Morgan fingerprint density at radius 3 is 2.71 bits per heavy atom. The number of aromatic amines is 2. The Kier molecular flexibility index (Phi) is 4.04. The van der Waals surface area contributed by atoms with Gasteiger partial charge in [0.15, 0.2) is 11.5 Å². The van der Waals surface area contributed by atoms with Crippen LogP contribution in [0.2, 0.25) is 0 Å². The Balaban J connectivity index is 1.82. The number of nitrogens with one attached hydrogen (secondary N) is 2. The summed E-state index contributed by atoms with van der Waals surface area (Å²) in [5.41, 5.74) is 2.00. The number of rotatable bonds is 4. The van der Waals surface area contributed by atoms with Gasteiger partial charge < -0.3 is 19.9 Å².